The Morgan fingerprint density at radius 3 is 2.55 bits per heavy atom. The molecule has 0 aliphatic heterocycles. The molecule has 9 nitrogen and oxygen atoms in total. The van der Waals surface area contributed by atoms with Crippen LogP contribution in [0, 0.1) is 0 Å². The van der Waals surface area contributed by atoms with Crippen LogP contribution in [-0.2, 0) is 14.8 Å². The van der Waals surface area contributed by atoms with Crippen molar-refractivity contribution in [2.75, 3.05) is 57.2 Å². The minimum Gasteiger partial charge on any atom is -0.376 e. The van der Waals surface area contributed by atoms with Crippen molar-refractivity contribution in [1.29, 1.82) is 0 Å². The number of aromatic nitrogens is 2. The molecule has 0 fully saturated rings. The third-order valence-corrected chi connectivity index (χ3v) is 4.10. The first-order chi connectivity index (χ1) is 10.2. The number of sulfonamides is 1. The van der Waals surface area contributed by atoms with Gasteiger partial charge >= 0.3 is 0 Å². The van der Waals surface area contributed by atoms with Gasteiger partial charge in [0.2, 0.25) is 15.9 Å². The van der Waals surface area contributed by atoms with Gasteiger partial charge in [-0.2, -0.15) is 9.40 Å². The monoisotopic (exact) mass is 330 g/mol. The highest BCUT2D eigenvalue weighted by Gasteiger charge is 2.14. The summed E-state index contributed by atoms with van der Waals surface area (Å²) in [6.45, 7) is 0.610. The van der Waals surface area contributed by atoms with Gasteiger partial charge in [-0.25, -0.2) is 8.42 Å². The fourth-order valence-corrected chi connectivity index (χ4v) is 1.81. The number of hydrogen-bond acceptors (Lipinski definition) is 7. The Hall–Kier alpha value is -1.94. The van der Waals surface area contributed by atoms with Crippen molar-refractivity contribution in [2.45, 2.75) is 0 Å². The average Bonchev–Trinajstić information content (AvgIpc) is 2.43. The van der Waals surface area contributed by atoms with E-state index in [1.54, 1.807) is 6.20 Å². The molecule has 124 valence electrons. The van der Waals surface area contributed by atoms with E-state index in [0.717, 1.165) is 16.2 Å². The highest BCUT2D eigenvalue weighted by atomic mass is 32.2. The summed E-state index contributed by atoms with van der Waals surface area (Å²) in [5.74, 6) is 0.247. The van der Waals surface area contributed by atoms with Gasteiger partial charge in [-0.15, -0.1) is 5.10 Å². The van der Waals surface area contributed by atoms with Crippen molar-refractivity contribution < 1.29 is 13.2 Å². The van der Waals surface area contributed by atoms with E-state index in [0.29, 0.717) is 18.9 Å². The second-order valence-corrected chi connectivity index (χ2v) is 7.08. The van der Waals surface area contributed by atoms with Crippen LogP contribution in [-0.4, -0.2) is 75.9 Å². The predicted molar refractivity (Wildman–Crippen MR) is 85.3 cm³/mol. The first-order valence-corrected chi connectivity index (χ1v) is 8.47. The number of nitrogens with zero attached hydrogens (tertiary/aromatic N) is 4. The third kappa shape index (κ3) is 6.22. The molecule has 0 unspecified atom stereocenters. The molecule has 0 saturated carbocycles. The molecule has 0 atom stereocenters. The van der Waals surface area contributed by atoms with Crippen molar-refractivity contribution >= 4 is 27.4 Å². The smallest absolute Gasteiger partial charge is 0.235 e. The molecule has 10 heteroatoms. The summed E-state index contributed by atoms with van der Waals surface area (Å²) in [4.78, 5) is 13.5. The van der Waals surface area contributed by atoms with Gasteiger partial charge in [0.25, 0.3) is 0 Å². The van der Waals surface area contributed by atoms with Crippen LogP contribution in [0.4, 0.5) is 11.5 Å². The van der Waals surface area contributed by atoms with Gasteiger partial charge in [-0.1, -0.05) is 0 Å². The van der Waals surface area contributed by atoms with E-state index in [4.69, 9.17) is 0 Å². The maximum Gasteiger partial charge on any atom is 0.235 e. The van der Waals surface area contributed by atoms with E-state index in [2.05, 4.69) is 20.8 Å². The number of likely N-dealkylation sites (N-methyl/N-ethyl adjacent to an activating group) is 1. The van der Waals surface area contributed by atoms with Gasteiger partial charge in [0.05, 0.1) is 24.7 Å². The molecule has 0 aliphatic carbocycles. The topological polar surface area (TPSA) is 108 Å². The fraction of sp³-hybridized carbons (Fsp3) is 0.583. The summed E-state index contributed by atoms with van der Waals surface area (Å²) in [5.41, 5.74) is 0.913. The summed E-state index contributed by atoms with van der Waals surface area (Å²) in [6.07, 6.45) is 2.70. The lowest BCUT2D eigenvalue weighted by molar-refractivity contribution is -0.121. The SMILES string of the molecule is CN(C)c1cnnc(NCCNC(=O)CN(C)S(C)(=O)=O)c1. The number of carbonyl (C=O) groups is 1. The first-order valence-electron chi connectivity index (χ1n) is 6.62. The van der Waals surface area contributed by atoms with Crippen molar-refractivity contribution in [3.63, 3.8) is 0 Å². The van der Waals surface area contributed by atoms with Gasteiger partial charge in [0.1, 0.15) is 0 Å². The zero-order chi connectivity index (χ0) is 16.8. The molecular weight excluding hydrogens is 308 g/mol. The molecule has 1 aromatic heterocycles. The van der Waals surface area contributed by atoms with Crippen LogP contribution in [0.25, 0.3) is 0 Å². The lowest BCUT2D eigenvalue weighted by Crippen LogP contribution is -2.39. The second kappa shape index (κ2) is 7.90. The minimum absolute atomic E-state index is 0.200. The first kappa shape index (κ1) is 18.1. The summed E-state index contributed by atoms with van der Waals surface area (Å²) in [5, 5.41) is 13.5. The maximum atomic E-state index is 11.6. The number of hydrogen-bond donors (Lipinski definition) is 2. The van der Waals surface area contributed by atoms with E-state index in [1.807, 2.05) is 25.1 Å². The number of amides is 1. The molecule has 1 aromatic rings. The van der Waals surface area contributed by atoms with Gasteiger partial charge in [0, 0.05) is 40.3 Å². The average molecular weight is 330 g/mol. The zero-order valence-corrected chi connectivity index (χ0v) is 14.0. The summed E-state index contributed by atoms with van der Waals surface area (Å²) >= 11 is 0. The summed E-state index contributed by atoms with van der Waals surface area (Å²) < 4.78 is 23.4. The van der Waals surface area contributed by atoms with Crippen LogP contribution >= 0.6 is 0 Å². The Morgan fingerprint density at radius 2 is 1.95 bits per heavy atom. The van der Waals surface area contributed by atoms with Gasteiger partial charge < -0.3 is 15.5 Å². The zero-order valence-electron chi connectivity index (χ0n) is 13.2. The number of anilines is 2. The molecule has 0 aromatic carbocycles. The molecule has 1 amide bonds. The molecule has 1 heterocycles. The summed E-state index contributed by atoms with van der Waals surface area (Å²) in [6, 6.07) is 1.84. The second-order valence-electron chi connectivity index (χ2n) is 4.99. The van der Waals surface area contributed by atoms with Crippen molar-refractivity contribution in [3.8, 4) is 0 Å². The quantitative estimate of drug-likeness (QED) is 0.586. The fourth-order valence-electron chi connectivity index (χ4n) is 1.46. The van der Waals surface area contributed by atoms with Crippen LogP contribution < -0.4 is 15.5 Å². The van der Waals surface area contributed by atoms with Crippen LogP contribution in [0.15, 0.2) is 12.3 Å². The summed E-state index contributed by atoms with van der Waals surface area (Å²) in [7, 11) is 1.81. The number of carbonyl (C=O) groups excluding carboxylic acids is 1. The van der Waals surface area contributed by atoms with Crippen LogP contribution in [0.5, 0.6) is 0 Å². The molecule has 0 saturated heterocycles. The van der Waals surface area contributed by atoms with Crippen LogP contribution in [0.3, 0.4) is 0 Å². The van der Waals surface area contributed by atoms with Crippen LogP contribution in [0.2, 0.25) is 0 Å². The third-order valence-electron chi connectivity index (χ3n) is 2.84. The molecule has 22 heavy (non-hydrogen) atoms. The lowest BCUT2D eigenvalue weighted by atomic mass is 10.4. The standard InChI is InChI=1S/C12H22N6O3S/c1-17(2)10-7-11(16-15-8-10)13-5-6-14-12(19)9-18(3)22(4,20)21/h7-8H,5-6,9H2,1-4H3,(H,13,16)(H,14,19). The molecule has 0 aliphatic rings. The van der Waals surface area contributed by atoms with E-state index in [9.17, 15) is 13.2 Å². The van der Waals surface area contributed by atoms with Gasteiger partial charge in [-0.05, 0) is 0 Å². The molecule has 0 bridgehead atoms. The lowest BCUT2D eigenvalue weighted by Gasteiger charge is -2.14. The predicted octanol–water partition coefficient (Wildman–Crippen LogP) is -1.04. The highest BCUT2D eigenvalue weighted by Crippen LogP contribution is 2.12. The molecular formula is C12H22N6O3S. The Labute approximate surface area is 130 Å². The molecule has 0 radical (unpaired) electrons. The van der Waals surface area contributed by atoms with E-state index in [-0.39, 0.29) is 12.5 Å². The maximum absolute atomic E-state index is 11.6. The van der Waals surface area contributed by atoms with Crippen molar-refractivity contribution in [3.05, 3.63) is 12.3 Å². The van der Waals surface area contributed by atoms with Crippen molar-refractivity contribution in [1.82, 2.24) is 19.8 Å². The van der Waals surface area contributed by atoms with Crippen LogP contribution in [0.1, 0.15) is 0 Å². The Bertz CT molecular complexity index is 605. The number of nitrogens with one attached hydrogen (secondary N) is 2. The largest absolute Gasteiger partial charge is 0.376 e. The molecule has 1 rings (SSSR count). The van der Waals surface area contributed by atoms with E-state index in [1.165, 1.54) is 7.05 Å². The Kier molecular flexibility index (Phi) is 6.50. The van der Waals surface area contributed by atoms with E-state index < -0.39 is 10.0 Å². The molecule has 2 N–H and O–H groups in total. The normalized spacial score (nSPS) is 11.3. The minimum atomic E-state index is -3.35. The van der Waals surface area contributed by atoms with Gasteiger partial charge in [0.15, 0.2) is 5.82 Å². The van der Waals surface area contributed by atoms with Crippen molar-refractivity contribution in [2.24, 2.45) is 0 Å². The Balaban J connectivity index is 2.33. The van der Waals surface area contributed by atoms with Gasteiger partial charge in [-0.3, -0.25) is 4.79 Å². The van der Waals surface area contributed by atoms with E-state index >= 15 is 0 Å². The number of rotatable bonds is 8. The molecule has 0 spiro atoms. The highest BCUT2D eigenvalue weighted by molar-refractivity contribution is 7.88. The Morgan fingerprint density at radius 1 is 1.27 bits per heavy atom.